The Kier molecular flexibility index (Phi) is 3.27. The number of fused-ring (bicyclic) bond motifs is 1. The molecule has 1 aliphatic rings. The Morgan fingerprint density at radius 2 is 2.14 bits per heavy atom. The van der Waals surface area contributed by atoms with E-state index in [-0.39, 0.29) is 5.92 Å². The van der Waals surface area contributed by atoms with Gasteiger partial charge in [-0.2, -0.15) is 0 Å². The molecule has 1 saturated carbocycles. The maximum Gasteiger partial charge on any atom is 0.337 e. The highest BCUT2D eigenvalue weighted by Crippen LogP contribution is 2.43. The van der Waals surface area contributed by atoms with Crippen LogP contribution in [0.15, 0.2) is 18.2 Å². The number of aromatic carboxylic acids is 1. The van der Waals surface area contributed by atoms with E-state index < -0.39 is 5.97 Å². The molecule has 0 spiro atoms. The van der Waals surface area contributed by atoms with Crippen molar-refractivity contribution in [2.75, 3.05) is 0 Å². The van der Waals surface area contributed by atoms with Gasteiger partial charge in [-0.25, -0.2) is 9.78 Å². The van der Waals surface area contributed by atoms with E-state index in [0.717, 1.165) is 17.9 Å². The number of para-hydroxylation sites is 1. The van der Waals surface area contributed by atoms with Gasteiger partial charge in [0.1, 0.15) is 11.3 Å². The molecule has 21 heavy (non-hydrogen) atoms. The van der Waals surface area contributed by atoms with Gasteiger partial charge in [0, 0.05) is 12.5 Å². The zero-order valence-electron chi connectivity index (χ0n) is 12.9. The minimum atomic E-state index is -0.907. The average Bonchev–Trinajstić information content (AvgIpc) is 2.75. The summed E-state index contributed by atoms with van der Waals surface area (Å²) in [6.45, 7) is 7.47. The Balaban J connectivity index is 2.18. The molecule has 1 N–H and O–H groups in total. The number of carboxylic acid groups (broad SMARTS) is 1. The molecular formula is C17H22N2O2. The molecule has 0 amide bonds. The van der Waals surface area contributed by atoms with Crippen molar-refractivity contribution in [3.05, 3.63) is 29.6 Å². The number of rotatable bonds is 4. The van der Waals surface area contributed by atoms with Crippen LogP contribution in [0.25, 0.3) is 11.0 Å². The lowest BCUT2D eigenvalue weighted by atomic mass is 9.70. The standard InChI is InChI=1S/C17H22N2O2/c1-11(2)15-18-14-12(16(20)21)6-4-7-13(14)19(15)10-17(3)8-5-9-17/h4,6-7,11H,5,8-10H2,1-3H3,(H,20,21). The minimum absolute atomic E-state index is 0.280. The van der Waals surface area contributed by atoms with E-state index in [0.29, 0.717) is 16.5 Å². The number of carbonyl (C=O) groups is 1. The maximum atomic E-state index is 11.4. The summed E-state index contributed by atoms with van der Waals surface area (Å²) in [5.41, 5.74) is 2.20. The first-order chi connectivity index (χ1) is 9.91. The van der Waals surface area contributed by atoms with E-state index in [9.17, 15) is 9.90 Å². The van der Waals surface area contributed by atoms with E-state index in [4.69, 9.17) is 0 Å². The van der Waals surface area contributed by atoms with E-state index in [1.165, 1.54) is 19.3 Å². The first-order valence-electron chi connectivity index (χ1n) is 7.64. The molecule has 1 aromatic heterocycles. The van der Waals surface area contributed by atoms with Crippen LogP contribution in [0.1, 0.15) is 62.1 Å². The summed E-state index contributed by atoms with van der Waals surface area (Å²) < 4.78 is 2.24. The molecule has 1 aliphatic carbocycles. The maximum absolute atomic E-state index is 11.4. The molecular weight excluding hydrogens is 264 g/mol. The fourth-order valence-corrected chi connectivity index (χ4v) is 3.26. The van der Waals surface area contributed by atoms with Gasteiger partial charge in [-0.3, -0.25) is 0 Å². The molecule has 1 heterocycles. The molecule has 2 aromatic rings. The average molecular weight is 286 g/mol. The Morgan fingerprint density at radius 1 is 1.43 bits per heavy atom. The molecule has 1 aromatic carbocycles. The number of imidazole rings is 1. The van der Waals surface area contributed by atoms with Crippen LogP contribution in [0.4, 0.5) is 0 Å². The zero-order chi connectivity index (χ0) is 15.2. The van der Waals surface area contributed by atoms with Gasteiger partial charge >= 0.3 is 5.97 Å². The Morgan fingerprint density at radius 3 is 2.67 bits per heavy atom. The molecule has 0 saturated heterocycles. The second-order valence-electron chi connectivity index (χ2n) is 6.85. The zero-order valence-corrected chi connectivity index (χ0v) is 12.9. The SMILES string of the molecule is CC(C)c1nc2c(C(=O)O)cccc2n1CC1(C)CCC1. The second kappa shape index (κ2) is 4.86. The van der Waals surface area contributed by atoms with Gasteiger partial charge < -0.3 is 9.67 Å². The summed E-state index contributed by atoms with van der Waals surface area (Å²) in [5.74, 6) is 0.366. The number of hydrogen-bond acceptors (Lipinski definition) is 2. The summed E-state index contributed by atoms with van der Waals surface area (Å²) in [7, 11) is 0. The topological polar surface area (TPSA) is 55.1 Å². The predicted octanol–water partition coefficient (Wildman–Crippen LogP) is 4.05. The summed E-state index contributed by atoms with van der Waals surface area (Å²) in [6.07, 6.45) is 3.77. The summed E-state index contributed by atoms with van der Waals surface area (Å²) in [5, 5.41) is 9.36. The van der Waals surface area contributed by atoms with Gasteiger partial charge in [0.25, 0.3) is 0 Å². The van der Waals surface area contributed by atoms with E-state index in [2.05, 4.69) is 30.3 Å². The predicted molar refractivity (Wildman–Crippen MR) is 82.7 cm³/mol. The van der Waals surface area contributed by atoms with Crippen molar-refractivity contribution in [3.8, 4) is 0 Å². The van der Waals surface area contributed by atoms with Crippen LogP contribution in [0.2, 0.25) is 0 Å². The van der Waals surface area contributed by atoms with E-state index >= 15 is 0 Å². The van der Waals surface area contributed by atoms with Gasteiger partial charge in [-0.1, -0.05) is 33.3 Å². The van der Waals surface area contributed by atoms with Crippen molar-refractivity contribution < 1.29 is 9.90 Å². The molecule has 0 aliphatic heterocycles. The van der Waals surface area contributed by atoms with Crippen LogP contribution >= 0.6 is 0 Å². The highest BCUT2D eigenvalue weighted by Gasteiger charge is 2.33. The lowest BCUT2D eigenvalue weighted by Crippen LogP contribution is -2.31. The highest BCUT2D eigenvalue weighted by atomic mass is 16.4. The number of aromatic nitrogens is 2. The van der Waals surface area contributed by atoms with Crippen molar-refractivity contribution in [2.45, 2.75) is 52.5 Å². The number of nitrogens with zero attached hydrogens (tertiary/aromatic N) is 2. The van der Waals surface area contributed by atoms with Crippen LogP contribution in [0, 0.1) is 5.41 Å². The normalized spacial score (nSPS) is 17.1. The van der Waals surface area contributed by atoms with Gasteiger partial charge in [0.05, 0.1) is 11.1 Å². The Labute approximate surface area is 124 Å². The summed E-state index contributed by atoms with van der Waals surface area (Å²) >= 11 is 0. The number of benzene rings is 1. The first kappa shape index (κ1) is 14.1. The highest BCUT2D eigenvalue weighted by molar-refractivity contribution is 6.01. The summed E-state index contributed by atoms with van der Waals surface area (Å²) in [6, 6.07) is 5.44. The third-order valence-corrected chi connectivity index (χ3v) is 4.66. The molecule has 4 nitrogen and oxygen atoms in total. The van der Waals surface area contributed by atoms with Crippen molar-refractivity contribution in [3.63, 3.8) is 0 Å². The van der Waals surface area contributed by atoms with Crippen molar-refractivity contribution in [1.29, 1.82) is 0 Å². The van der Waals surface area contributed by atoms with Crippen LogP contribution in [0.3, 0.4) is 0 Å². The van der Waals surface area contributed by atoms with Crippen molar-refractivity contribution in [1.82, 2.24) is 9.55 Å². The van der Waals surface area contributed by atoms with Gasteiger partial charge in [0.15, 0.2) is 0 Å². The monoisotopic (exact) mass is 286 g/mol. The molecule has 0 radical (unpaired) electrons. The molecule has 4 heteroatoms. The summed E-state index contributed by atoms with van der Waals surface area (Å²) in [4.78, 5) is 16.1. The Bertz CT molecular complexity index is 696. The third kappa shape index (κ3) is 2.33. The van der Waals surface area contributed by atoms with E-state index in [1.807, 2.05) is 12.1 Å². The lowest BCUT2D eigenvalue weighted by molar-refractivity contribution is 0.0699. The largest absolute Gasteiger partial charge is 0.478 e. The van der Waals surface area contributed by atoms with Crippen LogP contribution < -0.4 is 0 Å². The molecule has 0 atom stereocenters. The van der Waals surface area contributed by atoms with Gasteiger partial charge in [-0.15, -0.1) is 0 Å². The quantitative estimate of drug-likeness (QED) is 0.922. The number of carboxylic acids is 1. The van der Waals surface area contributed by atoms with E-state index in [1.54, 1.807) is 6.07 Å². The molecule has 3 rings (SSSR count). The Hall–Kier alpha value is -1.84. The van der Waals surface area contributed by atoms with Gasteiger partial charge in [-0.05, 0) is 30.4 Å². The molecule has 112 valence electrons. The molecule has 0 unspecified atom stereocenters. The third-order valence-electron chi connectivity index (χ3n) is 4.66. The minimum Gasteiger partial charge on any atom is -0.478 e. The van der Waals surface area contributed by atoms with Crippen LogP contribution in [-0.2, 0) is 6.54 Å². The second-order valence-corrected chi connectivity index (χ2v) is 6.85. The molecule has 0 bridgehead atoms. The van der Waals surface area contributed by atoms with Crippen LogP contribution in [-0.4, -0.2) is 20.6 Å². The van der Waals surface area contributed by atoms with Gasteiger partial charge in [0.2, 0.25) is 0 Å². The molecule has 1 fully saturated rings. The number of hydrogen-bond donors (Lipinski definition) is 1. The first-order valence-corrected chi connectivity index (χ1v) is 7.64. The van der Waals surface area contributed by atoms with Crippen molar-refractivity contribution >= 4 is 17.0 Å². The smallest absolute Gasteiger partial charge is 0.337 e. The lowest BCUT2D eigenvalue weighted by Gasteiger charge is -2.39. The van der Waals surface area contributed by atoms with Crippen molar-refractivity contribution in [2.24, 2.45) is 5.41 Å². The fourth-order valence-electron chi connectivity index (χ4n) is 3.26. The fraction of sp³-hybridized carbons (Fsp3) is 0.529. The van der Waals surface area contributed by atoms with Crippen LogP contribution in [0.5, 0.6) is 0 Å².